The lowest BCUT2D eigenvalue weighted by Gasteiger charge is -2.07. The van der Waals surface area contributed by atoms with Crippen molar-refractivity contribution < 1.29 is 19.4 Å². The van der Waals surface area contributed by atoms with Gasteiger partial charge in [-0.3, -0.25) is 0 Å². The molecule has 0 aliphatic heterocycles. The molecular formula is C13H14N3O4S-. The Bertz CT molecular complexity index is 612. The van der Waals surface area contributed by atoms with Gasteiger partial charge < -0.3 is 23.9 Å². The minimum absolute atomic E-state index is 0.161. The van der Waals surface area contributed by atoms with Crippen molar-refractivity contribution in [1.29, 1.82) is 0 Å². The predicted octanol–water partition coefficient (Wildman–Crippen LogP) is 0.245. The summed E-state index contributed by atoms with van der Waals surface area (Å²) in [5.41, 5.74) is 0. The van der Waals surface area contributed by atoms with E-state index < -0.39 is 5.97 Å². The fourth-order valence-corrected chi connectivity index (χ4v) is 2.18. The topological polar surface area (TPSA) is 89.3 Å². The maximum Gasteiger partial charge on any atom is 0.191 e. The van der Waals surface area contributed by atoms with E-state index >= 15 is 0 Å². The Balaban J connectivity index is 1.95. The standard InChI is InChI=1S/C13H15N3O4S/c1-16-11(14-15-13(16)21-8-12(17)18)7-20-10-5-3-9(19-2)4-6-10/h3-6H,7-8H2,1-2H3,(H,17,18)/p-1. The number of methoxy groups -OCH3 is 1. The second kappa shape index (κ2) is 6.98. The van der Waals surface area contributed by atoms with Crippen LogP contribution in [0.3, 0.4) is 0 Å². The van der Waals surface area contributed by atoms with E-state index in [1.54, 1.807) is 43.0 Å². The number of benzene rings is 1. The van der Waals surface area contributed by atoms with Crippen molar-refractivity contribution in [2.75, 3.05) is 12.9 Å². The van der Waals surface area contributed by atoms with Gasteiger partial charge in [0, 0.05) is 12.8 Å². The van der Waals surface area contributed by atoms with Crippen LogP contribution in [-0.4, -0.2) is 33.6 Å². The molecule has 0 spiro atoms. The van der Waals surface area contributed by atoms with Gasteiger partial charge in [0.05, 0.1) is 13.1 Å². The smallest absolute Gasteiger partial charge is 0.191 e. The lowest BCUT2D eigenvalue weighted by molar-refractivity contribution is -0.301. The first-order valence-corrected chi connectivity index (χ1v) is 7.06. The molecule has 0 amide bonds. The molecule has 0 aliphatic rings. The fraction of sp³-hybridized carbons (Fsp3) is 0.308. The summed E-state index contributed by atoms with van der Waals surface area (Å²) in [5, 5.41) is 18.8. The zero-order chi connectivity index (χ0) is 15.2. The van der Waals surface area contributed by atoms with Crippen LogP contribution in [-0.2, 0) is 18.4 Å². The third kappa shape index (κ3) is 4.12. The largest absolute Gasteiger partial charge is 0.549 e. The highest BCUT2D eigenvalue weighted by atomic mass is 32.2. The molecule has 0 saturated carbocycles. The van der Waals surface area contributed by atoms with E-state index in [0.29, 0.717) is 16.7 Å². The van der Waals surface area contributed by atoms with Crippen LogP contribution in [0.15, 0.2) is 29.4 Å². The van der Waals surface area contributed by atoms with Crippen molar-refractivity contribution in [2.24, 2.45) is 7.05 Å². The summed E-state index contributed by atoms with van der Waals surface area (Å²) < 4.78 is 12.3. The Hall–Kier alpha value is -2.22. The van der Waals surface area contributed by atoms with Gasteiger partial charge in [-0.15, -0.1) is 10.2 Å². The van der Waals surface area contributed by atoms with E-state index in [1.165, 1.54) is 0 Å². The summed E-state index contributed by atoms with van der Waals surface area (Å²) in [5.74, 6) is 0.737. The van der Waals surface area contributed by atoms with Crippen molar-refractivity contribution in [3.05, 3.63) is 30.1 Å². The van der Waals surface area contributed by atoms with Crippen LogP contribution >= 0.6 is 11.8 Å². The second-order valence-electron chi connectivity index (χ2n) is 4.08. The SMILES string of the molecule is COc1ccc(OCc2nnc(SCC(=O)[O-])n2C)cc1. The van der Waals surface area contributed by atoms with Crippen LogP contribution in [0, 0.1) is 0 Å². The van der Waals surface area contributed by atoms with Gasteiger partial charge in [0.2, 0.25) is 0 Å². The van der Waals surface area contributed by atoms with Crippen molar-refractivity contribution in [3.8, 4) is 11.5 Å². The van der Waals surface area contributed by atoms with Gasteiger partial charge in [-0.1, -0.05) is 11.8 Å². The van der Waals surface area contributed by atoms with Gasteiger partial charge >= 0.3 is 0 Å². The molecule has 0 bridgehead atoms. The summed E-state index contributed by atoms with van der Waals surface area (Å²) in [4.78, 5) is 10.4. The molecule has 0 aliphatic carbocycles. The molecule has 1 heterocycles. The van der Waals surface area contributed by atoms with E-state index in [-0.39, 0.29) is 12.4 Å². The number of aliphatic carboxylic acids is 1. The Morgan fingerprint density at radius 3 is 2.57 bits per heavy atom. The van der Waals surface area contributed by atoms with Gasteiger partial charge in [-0.25, -0.2) is 0 Å². The fourth-order valence-electron chi connectivity index (χ4n) is 1.54. The van der Waals surface area contributed by atoms with Crippen molar-refractivity contribution in [3.63, 3.8) is 0 Å². The molecular weight excluding hydrogens is 294 g/mol. The summed E-state index contributed by atoms with van der Waals surface area (Å²) in [6, 6.07) is 7.18. The Morgan fingerprint density at radius 2 is 1.95 bits per heavy atom. The molecule has 1 aromatic carbocycles. The van der Waals surface area contributed by atoms with E-state index in [4.69, 9.17) is 9.47 Å². The quantitative estimate of drug-likeness (QED) is 0.677. The second-order valence-corrected chi connectivity index (χ2v) is 5.03. The molecule has 0 saturated heterocycles. The number of carbonyl (C=O) groups excluding carboxylic acids is 1. The number of rotatable bonds is 7. The average molecular weight is 308 g/mol. The first-order chi connectivity index (χ1) is 10.1. The van der Waals surface area contributed by atoms with Crippen molar-refractivity contribution in [1.82, 2.24) is 14.8 Å². The molecule has 0 atom stereocenters. The van der Waals surface area contributed by atoms with Crippen LogP contribution in [0.1, 0.15) is 5.82 Å². The molecule has 0 N–H and O–H groups in total. The Labute approximate surface area is 125 Å². The van der Waals surface area contributed by atoms with Crippen LogP contribution < -0.4 is 14.6 Å². The molecule has 2 rings (SSSR count). The molecule has 0 radical (unpaired) electrons. The number of aromatic nitrogens is 3. The number of ether oxygens (including phenoxy) is 2. The first-order valence-electron chi connectivity index (χ1n) is 6.08. The number of carboxylic acids is 1. The first kappa shape index (κ1) is 15.2. The maximum absolute atomic E-state index is 10.4. The average Bonchev–Trinajstić information content (AvgIpc) is 2.84. The normalized spacial score (nSPS) is 10.4. The van der Waals surface area contributed by atoms with Crippen molar-refractivity contribution >= 4 is 17.7 Å². The Kier molecular flexibility index (Phi) is 5.04. The third-order valence-corrected chi connectivity index (χ3v) is 3.67. The van der Waals surface area contributed by atoms with E-state index in [9.17, 15) is 9.90 Å². The zero-order valence-electron chi connectivity index (χ0n) is 11.6. The summed E-state index contributed by atoms with van der Waals surface area (Å²) >= 11 is 1.06. The molecule has 7 nitrogen and oxygen atoms in total. The van der Waals surface area contributed by atoms with Crippen LogP contribution in [0.4, 0.5) is 0 Å². The predicted molar refractivity (Wildman–Crippen MR) is 74.1 cm³/mol. The highest BCUT2D eigenvalue weighted by Crippen LogP contribution is 2.19. The number of nitrogens with zero attached hydrogens (tertiary/aromatic N) is 3. The van der Waals surface area contributed by atoms with E-state index in [2.05, 4.69) is 10.2 Å². The van der Waals surface area contributed by atoms with E-state index in [0.717, 1.165) is 17.5 Å². The molecule has 1 aromatic heterocycles. The summed E-state index contributed by atoms with van der Waals surface area (Å²) in [7, 11) is 3.35. The summed E-state index contributed by atoms with van der Waals surface area (Å²) in [6.45, 7) is 0.238. The molecule has 112 valence electrons. The molecule has 0 fully saturated rings. The molecule has 21 heavy (non-hydrogen) atoms. The van der Waals surface area contributed by atoms with Crippen LogP contribution in [0.25, 0.3) is 0 Å². The molecule has 8 heteroatoms. The minimum Gasteiger partial charge on any atom is -0.549 e. The summed E-state index contributed by atoms with van der Waals surface area (Å²) in [6.07, 6.45) is 0. The highest BCUT2D eigenvalue weighted by Gasteiger charge is 2.09. The number of carbonyl (C=O) groups is 1. The van der Waals surface area contributed by atoms with Crippen molar-refractivity contribution in [2.45, 2.75) is 11.8 Å². The van der Waals surface area contributed by atoms with Gasteiger partial charge in [-0.05, 0) is 24.3 Å². The van der Waals surface area contributed by atoms with Gasteiger partial charge in [0.25, 0.3) is 0 Å². The van der Waals surface area contributed by atoms with Crippen LogP contribution in [0.5, 0.6) is 11.5 Å². The lowest BCUT2D eigenvalue weighted by atomic mass is 10.3. The zero-order valence-corrected chi connectivity index (χ0v) is 12.4. The number of carboxylic acid groups (broad SMARTS) is 1. The van der Waals surface area contributed by atoms with Gasteiger partial charge in [-0.2, -0.15) is 0 Å². The lowest BCUT2D eigenvalue weighted by Crippen LogP contribution is -2.24. The highest BCUT2D eigenvalue weighted by molar-refractivity contribution is 7.99. The third-order valence-electron chi connectivity index (χ3n) is 2.67. The molecule has 0 unspecified atom stereocenters. The minimum atomic E-state index is -1.14. The molecule has 2 aromatic rings. The monoisotopic (exact) mass is 308 g/mol. The van der Waals surface area contributed by atoms with Gasteiger partial charge in [0.1, 0.15) is 18.1 Å². The maximum atomic E-state index is 10.4. The van der Waals surface area contributed by atoms with Crippen LogP contribution in [0.2, 0.25) is 0 Å². The van der Waals surface area contributed by atoms with Gasteiger partial charge in [0.15, 0.2) is 11.0 Å². The number of hydrogen-bond acceptors (Lipinski definition) is 7. The number of thioether (sulfide) groups is 1. The number of hydrogen-bond donors (Lipinski definition) is 0. The van der Waals surface area contributed by atoms with E-state index in [1.807, 2.05) is 0 Å². The Morgan fingerprint density at radius 1 is 1.29 bits per heavy atom.